The van der Waals surface area contributed by atoms with Crippen molar-refractivity contribution in [3.63, 3.8) is 0 Å². The van der Waals surface area contributed by atoms with Crippen LogP contribution in [0.2, 0.25) is 0 Å². The Labute approximate surface area is 111 Å². The van der Waals surface area contributed by atoms with E-state index < -0.39 is 0 Å². The maximum Gasteiger partial charge on any atom is 0.254 e. The molecule has 0 aliphatic carbocycles. The first kappa shape index (κ1) is 11.8. The summed E-state index contributed by atoms with van der Waals surface area (Å²) in [5, 5.41) is 7.04. The summed E-state index contributed by atoms with van der Waals surface area (Å²) < 4.78 is 7.20. The molecular weight excluding hydrogens is 242 g/mol. The molecule has 0 spiro atoms. The molecule has 1 aliphatic rings. The zero-order valence-electron chi connectivity index (χ0n) is 10.7. The minimum atomic E-state index is -0.102. The van der Waals surface area contributed by atoms with E-state index in [1.807, 2.05) is 24.3 Å². The molecule has 0 radical (unpaired) electrons. The van der Waals surface area contributed by atoms with E-state index in [0.717, 1.165) is 17.7 Å². The van der Waals surface area contributed by atoms with Crippen LogP contribution in [0.5, 0.6) is 5.75 Å². The first-order valence-electron chi connectivity index (χ1n) is 6.25. The summed E-state index contributed by atoms with van der Waals surface area (Å²) in [6.07, 6.45) is 4.06. The Morgan fingerprint density at radius 1 is 1.47 bits per heavy atom. The maximum absolute atomic E-state index is 12.1. The van der Waals surface area contributed by atoms with Crippen LogP contribution in [-0.4, -0.2) is 22.3 Å². The van der Waals surface area contributed by atoms with Gasteiger partial charge in [-0.05, 0) is 6.07 Å². The third-order valence-corrected chi connectivity index (χ3v) is 3.23. The number of para-hydroxylation sites is 1. The van der Waals surface area contributed by atoms with Crippen molar-refractivity contribution in [1.82, 2.24) is 15.1 Å². The van der Waals surface area contributed by atoms with E-state index >= 15 is 0 Å². The van der Waals surface area contributed by atoms with Crippen LogP contribution in [0.25, 0.3) is 0 Å². The Hall–Kier alpha value is -2.30. The lowest BCUT2D eigenvalue weighted by Gasteiger charge is -2.26. The number of hydrogen-bond acceptors (Lipinski definition) is 3. The van der Waals surface area contributed by atoms with Crippen molar-refractivity contribution in [2.45, 2.75) is 12.5 Å². The SMILES string of the molecule is Cn1cc(C(=O)NC2CCOc3ccccc32)cn1. The third kappa shape index (κ3) is 2.31. The third-order valence-electron chi connectivity index (χ3n) is 3.23. The van der Waals surface area contributed by atoms with Gasteiger partial charge in [-0.3, -0.25) is 9.48 Å². The molecule has 2 heterocycles. The summed E-state index contributed by atoms with van der Waals surface area (Å²) >= 11 is 0. The first-order valence-corrected chi connectivity index (χ1v) is 6.25. The number of carbonyl (C=O) groups is 1. The normalized spacial score (nSPS) is 17.4. The number of fused-ring (bicyclic) bond motifs is 1. The van der Waals surface area contributed by atoms with Crippen molar-refractivity contribution in [1.29, 1.82) is 0 Å². The van der Waals surface area contributed by atoms with E-state index in [0.29, 0.717) is 12.2 Å². The number of aromatic nitrogens is 2. The molecule has 19 heavy (non-hydrogen) atoms. The molecule has 1 unspecified atom stereocenters. The minimum absolute atomic E-state index is 0.00217. The second-order valence-electron chi connectivity index (χ2n) is 4.60. The Morgan fingerprint density at radius 3 is 3.11 bits per heavy atom. The molecular formula is C14H15N3O2. The molecule has 98 valence electrons. The smallest absolute Gasteiger partial charge is 0.254 e. The van der Waals surface area contributed by atoms with Crippen molar-refractivity contribution < 1.29 is 9.53 Å². The lowest BCUT2D eigenvalue weighted by molar-refractivity contribution is 0.0924. The number of carbonyl (C=O) groups excluding carboxylic acids is 1. The quantitative estimate of drug-likeness (QED) is 0.890. The number of nitrogens with zero attached hydrogens (tertiary/aromatic N) is 2. The molecule has 3 rings (SSSR count). The van der Waals surface area contributed by atoms with Gasteiger partial charge in [0.25, 0.3) is 5.91 Å². The van der Waals surface area contributed by atoms with Gasteiger partial charge in [-0.25, -0.2) is 0 Å². The standard InChI is InChI=1S/C14H15N3O2/c1-17-9-10(8-15-17)14(18)16-12-6-7-19-13-5-3-2-4-11(12)13/h2-5,8-9,12H,6-7H2,1H3,(H,16,18). The number of nitrogens with one attached hydrogen (secondary N) is 1. The number of aryl methyl sites for hydroxylation is 1. The Balaban J connectivity index is 1.79. The summed E-state index contributed by atoms with van der Waals surface area (Å²) in [4.78, 5) is 12.1. The van der Waals surface area contributed by atoms with Crippen LogP contribution in [0.15, 0.2) is 36.7 Å². The number of hydrogen-bond donors (Lipinski definition) is 1. The van der Waals surface area contributed by atoms with Crippen molar-refractivity contribution in [2.24, 2.45) is 7.05 Å². The minimum Gasteiger partial charge on any atom is -0.493 e. The molecule has 1 aliphatic heterocycles. The van der Waals surface area contributed by atoms with Gasteiger partial charge in [0.2, 0.25) is 0 Å². The lowest BCUT2D eigenvalue weighted by atomic mass is 10.0. The molecule has 1 N–H and O–H groups in total. The molecule has 1 aromatic heterocycles. The number of amides is 1. The van der Waals surface area contributed by atoms with E-state index in [4.69, 9.17) is 4.74 Å². The van der Waals surface area contributed by atoms with Crippen LogP contribution < -0.4 is 10.1 Å². The van der Waals surface area contributed by atoms with Crippen molar-refractivity contribution in [3.05, 3.63) is 47.8 Å². The van der Waals surface area contributed by atoms with E-state index in [1.165, 1.54) is 0 Å². The van der Waals surface area contributed by atoms with Crippen LogP contribution in [0.3, 0.4) is 0 Å². The number of rotatable bonds is 2. The monoisotopic (exact) mass is 257 g/mol. The maximum atomic E-state index is 12.1. The van der Waals surface area contributed by atoms with Gasteiger partial charge >= 0.3 is 0 Å². The van der Waals surface area contributed by atoms with E-state index in [-0.39, 0.29) is 11.9 Å². The molecule has 0 bridgehead atoms. The van der Waals surface area contributed by atoms with Crippen molar-refractivity contribution in [2.75, 3.05) is 6.61 Å². The molecule has 1 atom stereocenters. The highest BCUT2D eigenvalue weighted by molar-refractivity contribution is 5.94. The molecule has 2 aromatic rings. The van der Waals surface area contributed by atoms with Gasteiger partial charge in [0, 0.05) is 25.2 Å². The second-order valence-corrected chi connectivity index (χ2v) is 4.60. The van der Waals surface area contributed by atoms with Crippen molar-refractivity contribution in [3.8, 4) is 5.75 Å². The molecule has 0 fully saturated rings. The highest BCUT2D eigenvalue weighted by atomic mass is 16.5. The zero-order valence-corrected chi connectivity index (χ0v) is 10.7. The Morgan fingerprint density at radius 2 is 2.32 bits per heavy atom. The average molecular weight is 257 g/mol. The summed E-state index contributed by atoms with van der Waals surface area (Å²) in [7, 11) is 1.79. The Bertz CT molecular complexity index is 606. The first-order chi connectivity index (χ1) is 9.24. The molecule has 0 saturated heterocycles. The predicted octanol–water partition coefficient (Wildman–Crippen LogP) is 1.67. The molecule has 1 aromatic carbocycles. The fourth-order valence-electron chi connectivity index (χ4n) is 2.27. The molecule has 5 heteroatoms. The fourth-order valence-corrected chi connectivity index (χ4v) is 2.27. The highest BCUT2D eigenvalue weighted by Crippen LogP contribution is 2.31. The van der Waals surface area contributed by atoms with Gasteiger partial charge in [0.1, 0.15) is 5.75 Å². The number of ether oxygens (including phenoxy) is 1. The Kier molecular flexibility index (Phi) is 2.95. The number of benzene rings is 1. The zero-order chi connectivity index (χ0) is 13.2. The fraction of sp³-hybridized carbons (Fsp3) is 0.286. The van der Waals surface area contributed by atoms with Crippen LogP contribution in [0, 0.1) is 0 Å². The van der Waals surface area contributed by atoms with Gasteiger partial charge in [0.05, 0.1) is 24.4 Å². The highest BCUT2D eigenvalue weighted by Gasteiger charge is 2.23. The van der Waals surface area contributed by atoms with E-state index in [1.54, 1.807) is 24.1 Å². The van der Waals surface area contributed by atoms with Crippen LogP contribution >= 0.6 is 0 Å². The second kappa shape index (κ2) is 4.76. The topological polar surface area (TPSA) is 56.2 Å². The van der Waals surface area contributed by atoms with Crippen molar-refractivity contribution >= 4 is 5.91 Å². The van der Waals surface area contributed by atoms with Gasteiger partial charge in [-0.1, -0.05) is 18.2 Å². The van der Waals surface area contributed by atoms with Gasteiger partial charge < -0.3 is 10.1 Å². The van der Waals surface area contributed by atoms with Gasteiger partial charge in [-0.15, -0.1) is 0 Å². The summed E-state index contributed by atoms with van der Waals surface area (Å²) in [6.45, 7) is 0.620. The van der Waals surface area contributed by atoms with Crippen LogP contribution in [0.1, 0.15) is 28.4 Å². The van der Waals surface area contributed by atoms with E-state index in [9.17, 15) is 4.79 Å². The summed E-state index contributed by atoms with van der Waals surface area (Å²) in [5.41, 5.74) is 1.61. The van der Waals surface area contributed by atoms with Gasteiger partial charge in [0.15, 0.2) is 0 Å². The van der Waals surface area contributed by atoms with Crippen LogP contribution in [0.4, 0.5) is 0 Å². The predicted molar refractivity (Wildman–Crippen MR) is 70.0 cm³/mol. The summed E-state index contributed by atoms with van der Waals surface area (Å²) in [6, 6.07) is 7.80. The average Bonchev–Trinajstić information content (AvgIpc) is 2.86. The lowest BCUT2D eigenvalue weighted by Crippen LogP contribution is -2.31. The van der Waals surface area contributed by atoms with Crippen LogP contribution in [-0.2, 0) is 7.05 Å². The van der Waals surface area contributed by atoms with E-state index in [2.05, 4.69) is 10.4 Å². The molecule has 1 amide bonds. The van der Waals surface area contributed by atoms with Gasteiger partial charge in [-0.2, -0.15) is 5.10 Å². The largest absolute Gasteiger partial charge is 0.493 e. The summed E-state index contributed by atoms with van der Waals surface area (Å²) in [5.74, 6) is 0.750. The molecule has 0 saturated carbocycles. The molecule has 5 nitrogen and oxygen atoms in total.